The van der Waals surface area contributed by atoms with E-state index in [0.29, 0.717) is 19.1 Å². The summed E-state index contributed by atoms with van der Waals surface area (Å²) in [5.41, 5.74) is 6.30. The number of ether oxygens (including phenoxy) is 2. The zero-order valence-electron chi connectivity index (χ0n) is 25.1. The van der Waals surface area contributed by atoms with Crippen LogP contribution >= 0.6 is 0 Å². The van der Waals surface area contributed by atoms with Crippen molar-refractivity contribution >= 4 is 21.8 Å². The largest absolute Gasteiger partial charge is 0.474 e. The number of hydrogen-bond acceptors (Lipinski definition) is 5. The molecule has 0 spiro atoms. The molecule has 0 saturated carbocycles. The quantitative estimate of drug-likeness (QED) is 0.181. The molecule has 1 aliphatic rings. The highest BCUT2D eigenvalue weighted by Crippen LogP contribution is 2.45. The van der Waals surface area contributed by atoms with Crippen molar-refractivity contribution in [1.29, 1.82) is 0 Å². The van der Waals surface area contributed by atoms with Crippen LogP contribution in [0.15, 0.2) is 128 Å². The summed E-state index contributed by atoms with van der Waals surface area (Å²) in [5, 5.41) is 12.0. The predicted molar refractivity (Wildman–Crippen MR) is 176 cm³/mol. The van der Waals surface area contributed by atoms with Crippen LogP contribution in [0, 0.1) is 0 Å². The average Bonchev–Trinajstić information content (AvgIpc) is 3.68. The van der Waals surface area contributed by atoms with E-state index in [1.54, 1.807) is 0 Å². The van der Waals surface area contributed by atoms with E-state index in [-0.39, 0.29) is 6.10 Å². The van der Waals surface area contributed by atoms with Gasteiger partial charge < -0.3 is 9.47 Å². The van der Waals surface area contributed by atoms with Gasteiger partial charge in [-0.1, -0.05) is 97.1 Å². The van der Waals surface area contributed by atoms with E-state index >= 15 is 0 Å². The van der Waals surface area contributed by atoms with E-state index in [1.165, 1.54) is 0 Å². The van der Waals surface area contributed by atoms with Crippen LogP contribution in [0.2, 0.25) is 0 Å². The van der Waals surface area contributed by atoms with Crippen molar-refractivity contribution < 1.29 is 9.47 Å². The average molecular weight is 592 g/mol. The summed E-state index contributed by atoms with van der Waals surface area (Å²) in [6, 6.07) is 40.4. The summed E-state index contributed by atoms with van der Waals surface area (Å²) in [5.74, 6) is 0.593. The molecule has 0 N–H and O–H groups in total. The summed E-state index contributed by atoms with van der Waals surface area (Å²) in [7, 11) is 1.96. The molecule has 0 aliphatic carbocycles. The molecule has 45 heavy (non-hydrogen) atoms. The Morgan fingerprint density at radius 3 is 2.00 bits per heavy atom. The van der Waals surface area contributed by atoms with E-state index in [1.807, 2.05) is 24.1 Å². The molecule has 0 unspecified atom stereocenters. The van der Waals surface area contributed by atoms with Crippen molar-refractivity contribution in [3.05, 3.63) is 144 Å². The third-order valence-corrected chi connectivity index (χ3v) is 8.92. The predicted octanol–water partition coefficient (Wildman–Crippen LogP) is 7.38. The molecule has 8 rings (SSSR count). The summed E-state index contributed by atoms with van der Waals surface area (Å²) >= 11 is 0. The van der Waals surface area contributed by atoms with Gasteiger partial charge in [0.2, 0.25) is 5.88 Å². The number of rotatable bonds is 7. The summed E-state index contributed by atoms with van der Waals surface area (Å²) in [4.78, 5) is 4.83. The molecule has 0 amide bonds. The van der Waals surface area contributed by atoms with Crippen molar-refractivity contribution in [1.82, 2.24) is 24.5 Å². The summed E-state index contributed by atoms with van der Waals surface area (Å²) in [6.45, 7) is 1.37. The Morgan fingerprint density at radius 1 is 0.756 bits per heavy atom. The molecule has 0 atom stereocenters. The maximum atomic E-state index is 6.70. The Morgan fingerprint density at radius 2 is 1.38 bits per heavy atom. The van der Waals surface area contributed by atoms with Crippen LogP contribution in [0.25, 0.3) is 33.1 Å². The summed E-state index contributed by atoms with van der Waals surface area (Å²) < 4.78 is 16.4. The first kappa shape index (κ1) is 27.3. The lowest BCUT2D eigenvalue weighted by molar-refractivity contribution is 0.0244. The van der Waals surface area contributed by atoms with Crippen molar-refractivity contribution in [2.75, 3.05) is 13.2 Å². The number of hydrogen-bond donors (Lipinski definition) is 0. The monoisotopic (exact) mass is 591 g/mol. The van der Waals surface area contributed by atoms with Crippen LogP contribution < -0.4 is 4.74 Å². The molecular weight excluding hydrogens is 558 g/mol. The highest BCUT2D eigenvalue weighted by molar-refractivity contribution is 5.99. The van der Waals surface area contributed by atoms with E-state index in [0.717, 1.165) is 62.6 Å². The van der Waals surface area contributed by atoms with Gasteiger partial charge in [0.15, 0.2) is 0 Å². The third-order valence-electron chi connectivity index (χ3n) is 8.92. The van der Waals surface area contributed by atoms with Gasteiger partial charge in [-0.3, -0.25) is 4.68 Å². The highest BCUT2D eigenvalue weighted by atomic mass is 16.5. The topological polar surface area (TPSA) is 67.0 Å². The van der Waals surface area contributed by atoms with Crippen LogP contribution in [0.5, 0.6) is 5.88 Å². The van der Waals surface area contributed by atoms with Gasteiger partial charge >= 0.3 is 0 Å². The van der Waals surface area contributed by atoms with Crippen molar-refractivity contribution in [2.24, 2.45) is 7.05 Å². The van der Waals surface area contributed by atoms with Crippen molar-refractivity contribution in [2.45, 2.75) is 24.5 Å². The lowest BCUT2D eigenvalue weighted by Crippen LogP contribution is -2.38. The molecule has 0 bridgehead atoms. The molecule has 7 heteroatoms. The molecule has 4 aromatic carbocycles. The smallest absolute Gasteiger partial charge is 0.225 e. The number of aromatic nitrogens is 5. The van der Waals surface area contributed by atoms with E-state index in [4.69, 9.17) is 19.6 Å². The second-order valence-electron chi connectivity index (χ2n) is 11.6. The molecule has 1 aliphatic heterocycles. The first-order valence-corrected chi connectivity index (χ1v) is 15.4. The van der Waals surface area contributed by atoms with Crippen molar-refractivity contribution in [3.8, 4) is 17.1 Å². The van der Waals surface area contributed by atoms with E-state index in [9.17, 15) is 0 Å². The Labute approximate surface area is 261 Å². The number of nitrogens with zero attached hydrogens (tertiary/aromatic N) is 5. The Balaban J connectivity index is 1.47. The van der Waals surface area contributed by atoms with E-state index in [2.05, 4.69) is 125 Å². The normalized spacial score (nSPS) is 14.2. The minimum absolute atomic E-state index is 0.0241. The van der Waals surface area contributed by atoms with Gasteiger partial charge in [0, 0.05) is 37.0 Å². The third kappa shape index (κ3) is 4.59. The van der Waals surface area contributed by atoms with Gasteiger partial charge in [-0.2, -0.15) is 10.2 Å². The summed E-state index contributed by atoms with van der Waals surface area (Å²) in [6.07, 6.45) is 5.42. The fourth-order valence-corrected chi connectivity index (χ4v) is 6.75. The fourth-order valence-electron chi connectivity index (χ4n) is 6.75. The Hall–Kier alpha value is -5.27. The number of aryl methyl sites for hydroxylation is 1. The first-order valence-electron chi connectivity index (χ1n) is 15.4. The van der Waals surface area contributed by atoms with Crippen LogP contribution in [-0.2, 0) is 17.3 Å². The second-order valence-corrected chi connectivity index (χ2v) is 11.6. The minimum atomic E-state index is -0.796. The number of benzene rings is 4. The molecule has 7 nitrogen and oxygen atoms in total. The fraction of sp³-hybridized carbons (Fsp3) is 0.184. The van der Waals surface area contributed by atoms with Gasteiger partial charge in [-0.25, -0.2) is 9.67 Å². The maximum absolute atomic E-state index is 6.70. The first-order chi connectivity index (χ1) is 22.2. The minimum Gasteiger partial charge on any atom is -0.474 e. The lowest BCUT2D eigenvalue weighted by Gasteiger charge is -2.37. The standard InChI is InChI=1S/C38H33N5O2/c1-42-33-18-17-27(25-28(33)26-40-42)36-35-34(19-22-39-37(35)45-32-20-23-44-24-21-32)43(41-36)38(29-11-5-2-6-12-29,30-13-7-3-8-14-30)31-15-9-4-10-16-31/h2-19,22,25-26,32H,20-21,23-24H2,1H3. The number of pyridine rings is 1. The molecular formula is C38H33N5O2. The molecule has 4 heterocycles. The SMILES string of the molecule is Cn1ncc2cc(-c3nn(C(c4ccccc4)(c4ccccc4)c4ccccc4)c4ccnc(OC5CCOCC5)c34)ccc21. The van der Waals surface area contributed by atoms with Gasteiger partial charge in [0.05, 0.1) is 35.8 Å². The molecule has 7 aromatic rings. The van der Waals surface area contributed by atoms with Crippen LogP contribution in [-0.4, -0.2) is 43.9 Å². The highest BCUT2D eigenvalue weighted by Gasteiger charge is 2.41. The molecule has 1 saturated heterocycles. The lowest BCUT2D eigenvalue weighted by atomic mass is 9.77. The van der Waals surface area contributed by atoms with Gasteiger partial charge in [0.25, 0.3) is 0 Å². The zero-order chi connectivity index (χ0) is 30.2. The van der Waals surface area contributed by atoms with E-state index < -0.39 is 5.54 Å². The second kappa shape index (κ2) is 11.3. The van der Waals surface area contributed by atoms with Gasteiger partial charge in [0.1, 0.15) is 17.3 Å². The van der Waals surface area contributed by atoms with Crippen LogP contribution in [0.4, 0.5) is 0 Å². The molecule has 222 valence electrons. The van der Waals surface area contributed by atoms with Gasteiger partial charge in [-0.05, 0) is 34.9 Å². The van der Waals surface area contributed by atoms with Gasteiger partial charge in [-0.15, -0.1) is 0 Å². The molecule has 3 aromatic heterocycles. The van der Waals surface area contributed by atoms with Crippen LogP contribution in [0.1, 0.15) is 29.5 Å². The zero-order valence-corrected chi connectivity index (χ0v) is 25.1. The Bertz CT molecular complexity index is 1980. The maximum Gasteiger partial charge on any atom is 0.225 e. The Kier molecular flexibility index (Phi) is 6.88. The van der Waals surface area contributed by atoms with Crippen molar-refractivity contribution in [3.63, 3.8) is 0 Å². The van der Waals surface area contributed by atoms with Crippen LogP contribution in [0.3, 0.4) is 0 Å². The number of fused-ring (bicyclic) bond motifs is 2. The molecule has 1 fully saturated rings. The molecule has 0 radical (unpaired) electrons.